The van der Waals surface area contributed by atoms with Gasteiger partial charge in [-0.05, 0) is 36.3 Å². The number of carbonyl (C=O) groups excluding carboxylic acids is 1. The molecule has 1 aliphatic rings. The predicted molar refractivity (Wildman–Crippen MR) is 80.1 cm³/mol. The number of nitrogens with one attached hydrogen (secondary N) is 1. The van der Waals surface area contributed by atoms with Gasteiger partial charge in [-0.15, -0.1) is 0 Å². The molecule has 0 radical (unpaired) electrons. The maximum atomic E-state index is 12.0. The largest absolute Gasteiger partial charge is 0.480 e. The SMILES string of the molecule is O=C(O)CNC(=O)C(CS)CC1CCc2ccccc21. The summed E-state index contributed by atoms with van der Waals surface area (Å²) in [5, 5.41) is 11.0. The molecular formula is C15H19NO3S. The molecule has 2 unspecified atom stereocenters. The normalized spacial score (nSPS) is 18.4. The van der Waals surface area contributed by atoms with E-state index in [0.29, 0.717) is 11.7 Å². The van der Waals surface area contributed by atoms with Crippen molar-refractivity contribution in [1.29, 1.82) is 0 Å². The zero-order chi connectivity index (χ0) is 14.5. The van der Waals surface area contributed by atoms with Gasteiger partial charge >= 0.3 is 5.97 Å². The van der Waals surface area contributed by atoms with E-state index in [9.17, 15) is 9.59 Å². The molecule has 2 rings (SSSR count). The van der Waals surface area contributed by atoms with E-state index >= 15 is 0 Å². The number of benzene rings is 1. The van der Waals surface area contributed by atoms with Crippen LogP contribution in [0.25, 0.3) is 0 Å². The molecule has 4 nitrogen and oxygen atoms in total. The van der Waals surface area contributed by atoms with Gasteiger partial charge in [0.05, 0.1) is 0 Å². The number of carbonyl (C=O) groups is 2. The van der Waals surface area contributed by atoms with Gasteiger partial charge in [0.2, 0.25) is 5.91 Å². The lowest BCUT2D eigenvalue weighted by Crippen LogP contribution is -2.36. The maximum absolute atomic E-state index is 12.0. The molecule has 0 heterocycles. The topological polar surface area (TPSA) is 66.4 Å². The Balaban J connectivity index is 1.97. The van der Waals surface area contributed by atoms with Crippen molar-refractivity contribution in [2.45, 2.75) is 25.2 Å². The Morgan fingerprint density at radius 2 is 2.15 bits per heavy atom. The van der Waals surface area contributed by atoms with E-state index in [1.807, 2.05) is 12.1 Å². The minimum atomic E-state index is -1.03. The molecule has 1 aromatic carbocycles. The number of fused-ring (bicyclic) bond motifs is 1. The zero-order valence-corrected chi connectivity index (χ0v) is 12.1. The fourth-order valence-corrected chi connectivity index (χ4v) is 3.12. The second kappa shape index (κ2) is 6.79. The summed E-state index contributed by atoms with van der Waals surface area (Å²) < 4.78 is 0. The number of hydrogen-bond acceptors (Lipinski definition) is 3. The molecule has 2 atom stereocenters. The standard InChI is InChI=1S/C15H19NO3S/c17-14(18)8-16-15(19)12(9-20)7-11-6-5-10-3-1-2-4-13(10)11/h1-4,11-12,20H,5-9H2,(H,16,19)(H,17,18). The highest BCUT2D eigenvalue weighted by atomic mass is 32.1. The minimum absolute atomic E-state index is 0.216. The first-order chi connectivity index (χ1) is 9.61. The highest BCUT2D eigenvalue weighted by Gasteiger charge is 2.27. The molecule has 5 heteroatoms. The molecule has 1 aromatic rings. The first kappa shape index (κ1) is 14.9. The van der Waals surface area contributed by atoms with Crippen molar-refractivity contribution in [2.75, 3.05) is 12.3 Å². The Bertz CT molecular complexity index is 504. The van der Waals surface area contributed by atoms with Gasteiger partial charge in [0, 0.05) is 11.7 Å². The second-order valence-electron chi connectivity index (χ2n) is 5.16. The fourth-order valence-electron chi connectivity index (χ4n) is 2.81. The van der Waals surface area contributed by atoms with Crippen LogP contribution in [0, 0.1) is 5.92 Å². The van der Waals surface area contributed by atoms with Crippen molar-refractivity contribution in [2.24, 2.45) is 5.92 Å². The van der Waals surface area contributed by atoms with Gasteiger partial charge in [-0.25, -0.2) is 0 Å². The van der Waals surface area contributed by atoms with E-state index in [2.05, 4.69) is 30.1 Å². The maximum Gasteiger partial charge on any atom is 0.322 e. The molecule has 0 aliphatic heterocycles. The van der Waals surface area contributed by atoms with Crippen molar-refractivity contribution in [3.8, 4) is 0 Å². The number of amides is 1. The lowest BCUT2D eigenvalue weighted by atomic mass is 9.90. The number of hydrogen-bond donors (Lipinski definition) is 3. The van der Waals surface area contributed by atoms with Crippen LogP contribution in [-0.4, -0.2) is 29.3 Å². The van der Waals surface area contributed by atoms with Gasteiger partial charge in [0.15, 0.2) is 0 Å². The van der Waals surface area contributed by atoms with E-state index in [0.717, 1.165) is 19.3 Å². The van der Waals surface area contributed by atoms with Crippen LogP contribution < -0.4 is 5.32 Å². The van der Waals surface area contributed by atoms with Gasteiger partial charge in [-0.1, -0.05) is 24.3 Å². The summed E-state index contributed by atoms with van der Waals surface area (Å²) in [6.45, 7) is -0.329. The van der Waals surface area contributed by atoms with Crippen LogP contribution in [0.15, 0.2) is 24.3 Å². The Labute approximate surface area is 124 Å². The Kier molecular flexibility index (Phi) is 5.06. The first-order valence-electron chi connectivity index (χ1n) is 6.80. The highest BCUT2D eigenvalue weighted by molar-refractivity contribution is 7.80. The van der Waals surface area contributed by atoms with Crippen LogP contribution in [0.5, 0.6) is 0 Å². The number of aryl methyl sites for hydroxylation is 1. The molecule has 0 fully saturated rings. The van der Waals surface area contributed by atoms with Gasteiger partial charge in [0.25, 0.3) is 0 Å². The Morgan fingerprint density at radius 1 is 1.40 bits per heavy atom. The fraction of sp³-hybridized carbons (Fsp3) is 0.467. The predicted octanol–water partition coefficient (Wildman–Crippen LogP) is 1.85. The molecule has 2 N–H and O–H groups in total. The molecule has 0 saturated heterocycles. The number of rotatable bonds is 6. The number of aliphatic carboxylic acids is 1. The summed E-state index contributed by atoms with van der Waals surface area (Å²) in [4.78, 5) is 22.4. The van der Waals surface area contributed by atoms with Crippen molar-refractivity contribution in [1.82, 2.24) is 5.32 Å². The van der Waals surface area contributed by atoms with E-state index in [1.165, 1.54) is 11.1 Å². The van der Waals surface area contributed by atoms with Crippen LogP contribution in [0.3, 0.4) is 0 Å². The zero-order valence-electron chi connectivity index (χ0n) is 11.2. The van der Waals surface area contributed by atoms with Crippen molar-refractivity contribution >= 4 is 24.5 Å². The molecule has 0 aromatic heterocycles. The van der Waals surface area contributed by atoms with E-state index in [4.69, 9.17) is 5.11 Å². The van der Waals surface area contributed by atoms with Gasteiger partial charge in [-0.2, -0.15) is 12.6 Å². The molecule has 20 heavy (non-hydrogen) atoms. The summed E-state index contributed by atoms with van der Waals surface area (Å²) in [7, 11) is 0. The van der Waals surface area contributed by atoms with Crippen LogP contribution in [0.4, 0.5) is 0 Å². The summed E-state index contributed by atoms with van der Waals surface area (Å²) >= 11 is 4.23. The Morgan fingerprint density at radius 3 is 2.85 bits per heavy atom. The smallest absolute Gasteiger partial charge is 0.322 e. The van der Waals surface area contributed by atoms with Gasteiger partial charge in [0.1, 0.15) is 6.54 Å². The quantitative estimate of drug-likeness (QED) is 0.701. The monoisotopic (exact) mass is 293 g/mol. The number of thiol groups is 1. The summed E-state index contributed by atoms with van der Waals surface area (Å²) in [6.07, 6.45) is 2.83. The lowest BCUT2D eigenvalue weighted by Gasteiger charge is -2.19. The van der Waals surface area contributed by atoms with Crippen molar-refractivity contribution in [3.63, 3.8) is 0 Å². The number of carboxylic acids is 1. The average Bonchev–Trinajstić information content (AvgIpc) is 2.85. The third kappa shape index (κ3) is 3.54. The summed E-state index contributed by atoms with van der Waals surface area (Å²) in [6, 6.07) is 8.32. The number of carboxylic acid groups (broad SMARTS) is 1. The van der Waals surface area contributed by atoms with Crippen LogP contribution in [-0.2, 0) is 16.0 Å². The summed E-state index contributed by atoms with van der Waals surface area (Å²) in [5.74, 6) is -0.675. The van der Waals surface area contributed by atoms with Crippen molar-refractivity contribution < 1.29 is 14.7 Å². The van der Waals surface area contributed by atoms with Crippen LogP contribution in [0.2, 0.25) is 0 Å². The molecule has 0 bridgehead atoms. The van der Waals surface area contributed by atoms with Crippen molar-refractivity contribution in [3.05, 3.63) is 35.4 Å². The molecule has 1 amide bonds. The Hall–Kier alpha value is -1.49. The third-order valence-electron chi connectivity index (χ3n) is 3.83. The van der Waals surface area contributed by atoms with Gasteiger partial charge in [-0.3, -0.25) is 9.59 Å². The molecule has 0 saturated carbocycles. The summed E-state index contributed by atoms with van der Waals surface area (Å²) in [5.41, 5.74) is 2.69. The van der Waals surface area contributed by atoms with Crippen LogP contribution in [0.1, 0.15) is 29.9 Å². The molecule has 1 aliphatic carbocycles. The minimum Gasteiger partial charge on any atom is -0.480 e. The molecular weight excluding hydrogens is 274 g/mol. The first-order valence-corrected chi connectivity index (χ1v) is 7.43. The van der Waals surface area contributed by atoms with E-state index in [-0.39, 0.29) is 18.4 Å². The van der Waals surface area contributed by atoms with Crippen LogP contribution >= 0.6 is 12.6 Å². The highest BCUT2D eigenvalue weighted by Crippen LogP contribution is 2.37. The molecule has 108 valence electrons. The van der Waals surface area contributed by atoms with E-state index < -0.39 is 5.97 Å². The lowest BCUT2D eigenvalue weighted by molar-refractivity contribution is -0.138. The molecule has 0 spiro atoms. The van der Waals surface area contributed by atoms with Gasteiger partial charge < -0.3 is 10.4 Å². The average molecular weight is 293 g/mol. The van der Waals surface area contributed by atoms with E-state index in [1.54, 1.807) is 0 Å². The second-order valence-corrected chi connectivity index (χ2v) is 5.53. The third-order valence-corrected chi connectivity index (χ3v) is 4.27.